The zero-order chi connectivity index (χ0) is 12.5. The predicted octanol–water partition coefficient (Wildman–Crippen LogP) is 3.82. The van der Waals surface area contributed by atoms with Crippen LogP contribution in [0.3, 0.4) is 0 Å². The average Bonchev–Trinajstić information content (AvgIpc) is 2.73. The monoisotopic (exact) mass is 261 g/mol. The first kappa shape index (κ1) is 11.9. The zero-order valence-electron chi connectivity index (χ0n) is 10.6. The third-order valence-corrected chi connectivity index (χ3v) is 4.95. The number of H-pyrrole nitrogens is 1. The summed E-state index contributed by atoms with van der Waals surface area (Å²) in [6.45, 7) is 2.35. The van der Waals surface area contributed by atoms with Crippen molar-refractivity contribution >= 4 is 28.5 Å². The topological polar surface area (TPSA) is 54.7 Å². The van der Waals surface area contributed by atoms with Crippen LogP contribution in [0.15, 0.2) is 23.4 Å². The smallest absolute Gasteiger partial charge is 0.166 e. The number of anilines is 1. The fourth-order valence-electron chi connectivity index (χ4n) is 2.56. The number of nitrogens with one attached hydrogen (secondary N) is 1. The van der Waals surface area contributed by atoms with E-state index in [0.29, 0.717) is 0 Å². The third kappa shape index (κ3) is 2.48. The molecule has 3 rings (SSSR count). The Bertz CT molecular complexity index is 541. The molecule has 0 bridgehead atoms. The number of aromatic nitrogens is 2. The number of nitrogens with zero attached hydrogens (tertiary/aromatic N) is 1. The average molecular weight is 261 g/mol. The van der Waals surface area contributed by atoms with Crippen LogP contribution in [0, 0.1) is 5.92 Å². The Labute approximate surface area is 112 Å². The van der Waals surface area contributed by atoms with Gasteiger partial charge in [0.1, 0.15) is 0 Å². The molecule has 4 heteroatoms. The van der Waals surface area contributed by atoms with Crippen molar-refractivity contribution in [2.24, 2.45) is 5.92 Å². The molecule has 3 N–H and O–H groups in total. The first-order valence-electron chi connectivity index (χ1n) is 6.62. The van der Waals surface area contributed by atoms with Gasteiger partial charge in [0.2, 0.25) is 0 Å². The van der Waals surface area contributed by atoms with Gasteiger partial charge >= 0.3 is 0 Å². The number of nitrogen functional groups attached to an aromatic ring is 1. The Morgan fingerprint density at radius 1 is 1.28 bits per heavy atom. The summed E-state index contributed by atoms with van der Waals surface area (Å²) in [5, 5.41) is 1.76. The summed E-state index contributed by atoms with van der Waals surface area (Å²) in [7, 11) is 0. The Kier molecular flexibility index (Phi) is 3.20. The molecule has 0 spiro atoms. The van der Waals surface area contributed by atoms with Crippen LogP contribution in [0.5, 0.6) is 0 Å². The SMILES string of the molecule is CC1CCC(Sc2nc3ccc(N)cc3[nH]2)CC1. The molecule has 3 nitrogen and oxygen atoms in total. The predicted molar refractivity (Wildman–Crippen MR) is 77.8 cm³/mol. The maximum atomic E-state index is 5.78. The van der Waals surface area contributed by atoms with E-state index in [9.17, 15) is 0 Å². The molecule has 0 saturated heterocycles. The van der Waals surface area contributed by atoms with Crippen molar-refractivity contribution in [2.45, 2.75) is 43.0 Å². The zero-order valence-corrected chi connectivity index (χ0v) is 11.5. The Hall–Kier alpha value is -1.16. The molecule has 0 unspecified atom stereocenters. The summed E-state index contributed by atoms with van der Waals surface area (Å²) in [5.41, 5.74) is 8.62. The lowest BCUT2D eigenvalue weighted by atomic mass is 9.91. The molecule has 1 heterocycles. The third-order valence-electron chi connectivity index (χ3n) is 3.73. The fraction of sp³-hybridized carbons (Fsp3) is 0.500. The van der Waals surface area contributed by atoms with Gasteiger partial charge in [-0.15, -0.1) is 0 Å². The minimum absolute atomic E-state index is 0.721. The van der Waals surface area contributed by atoms with Crippen LogP contribution >= 0.6 is 11.8 Å². The van der Waals surface area contributed by atoms with Crippen molar-refractivity contribution in [3.63, 3.8) is 0 Å². The van der Waals surface area contributed by atoms with Crippen LogP contribution in [-0.4, -0.2) is 15.2 Å². The first-order valence-corrected chi connectivity index (χ1v) is 7.50. The maximum absolute atomic E-state index is 5.78. The highest BCUT2D eigenvalue weighted by molar-refractivity contribution is 7.99. The molecule has 0 radical (unpaired) electrons. The Morgan fingerprint density at radius 3 is 2.83 bits per heavy atom. The van der Waals surface area contributed by atoms with Gasteiger partial charge in [-0.1, -0.05) is 18.7 Å². The molecule has 1 aliphatic rings. The van der Waals surface area contributed by atoms with Crippen molar-refractivity contribution in [1.29, 1.82) is 0 Å². The lowest BCUT2D eigenvalue weighted by Gasteiger charge is -2.24. The maximum Gasteiger partial charge on any atom is 0.166 e. The van der Waals surface area contributed by atoms with Gasteiger partial charge in [0.25, 0.3) is 0 Å². The second-order valence-electron chi connectivity index (χ2n) is 5.32. The number of aromatic amines is 1. The summed E-state index contributed by atoms with van der Waals surface area (Å²) >= 11 is 1.89. The number of rotatable bonds is 2. The molecule has 18 heavy (non-hydrogen) atoms. The van der Waals surface area contributed by atoms with Gasteiger partial charge in [-0.05, 0) is 49.8 Å². The number of thioether (sulfide) groups is 1. The van der Waals surface area contributed by atoms with Gasteiger partial charge in [0.15, 0.2) is 5.16 Å². The molecule has 1 fully saturated rings. The number of nitrogens with two attached hydrogens (primary N) is 1. The Morgan fingerprint density at radius 2 is 2.06 bits per heavy atom. The molecule has 1 aromatic heterocycles. The summed E-state index contributed by atoms with van der Waals surface area (Å²) in [6, 6.07) is 5.84. The minimum Gasteiger partial charge on any atom is -0.399 e. The number of benzene rings is 1. The van der Waals surface area contributed by atoms with Gasteiger partial charge in [-0.25, -0.2) is 4.98 Å². The highest BCUT2D eigenvalue weighted by Gasteiger charge is 2.20. The number of fused-ring (bicyclic) bond motifs is 1. The van der Waals surface area contributed by atoms with E-state index >= 15 is 0 Å². The number of hydrogen-bond acceptors (Lipinski definition) is 3. The minimum atomic E-state index is 0.721. The van der Waals surface area contributed by atoms with Crippen LogP contribution in [0.2, 0.25) is 0 Å². The van der Waals surface area contributed by atoms with Crippen LogP contribution in [0.25, 0.3) is 11.0 Å². The summed E-state index contributed by atoms with van der Waals surface area (Å²) in [6.07, 6.45) is 5.33. The van der Waals surface area contributed by atoms with E-state index in [1.54, 1.807) is 0 Å². The van der Waals surface area contributed by atoms with E-state index in [-0.39, 0.29) is 0 Å². The van der Waals surface area contributed by atoms with Crippen LogP contribution < -0.4 is 5.73 Å². The standard InChI is InChI=1S/C14H19N3S/c1-9-2-5-11(6-3-9)18-14-16-12-7-4-10(15)8-13(12)17-14/h4,7-9,11H,2-3,5-6,15H2,1H3,(H,16,17). The van der Waals surface area contributed by atoms with E-state index < -0.39 is 0 Å². The second-order valence-corrected chi connectivity index (χ2v) is 6.61. The summed E-state index contributed by atoms with van der Waals surface area (Å²) in [4.78, 5) is 7.99. The Balaban J connectivity index is 1.74. The van der Waals surface area contributed by atoms with Crippen molar-refractivity contribution in [2.75, 3.05) is 5.73 Å². The quantitative estimate of drug-likeness (QED) is 0.808. The number of hydrogen-bond donors (Lipinski definition) is 2. The van der Waals surface area contributed by atoms with Crippen molar-refractivity contribution in [3.05, 3.63) is 18.2 Å². The normalized spacial score (nSPS) is 24.5. The highest BCUT2D eigenvalue weighted by Crippen LogP contribution is 2.35. The summed E-state index contributed by atoms with van der Waals surface area (Å²) < 4.78 is 0. The van der Waals surface area contributed by atoms with Crippen LogP contribution in [-0.2, 0) is 0 Å². The van der Waals surface area contributed by atoms with Crippen molar-refractivity contribution < 1.29 is 0 Å². The summed E-state index contributed by atoms with van der Waals surface area (Å²) in [5.74, 6) is 0.900. The lowest BCUT2D eigenvalue weighted by molar-refractivity contribution is 0.393. The van der Waals surface area contributed by atoms with Crippen molar-refractivity contribution in [1.82, 2.24) is 9.97 Å². The van der Waals surface area contributed by atoms with E-state index in [1.807, 2.05) is 30.0 Å². The number of imidazole rings is 1. The molecular weight excluding hydrogens is 242 g/mol. The largest absolute Gasteiger partial charge is 0.399 e. The van der Waals surface area contributed by atoms with Crippen molar-refractivity contribution in [3.8, 4) is 0 Å². The first-order chi connectivity index (χ1) is 8.70. The molecule has 1 aliphatic carbocycles. The highest BCUT2D eigenvalue weighted by atomic mass is 32.2. The van der Waals surface area contributed by atoms with Gasteiger partial charge in [-0.3, -0.25) is 0 Å². The van der Waals surface area contributed by atoms with Gasteiger partial charge < -0.3 is 10.7 Å². The molecule has 0 atom stereocenters. The molecule has 2 aromatic rings. The van der Waals surface area contributed by atoms with Gasteiger partial charge in [0.05, 0.1) is 11.0 Å². The molecule has 1 saturated carbocycles. The molecule has 96 valence electrons. The van der Waals surface area contributed by atoms with E-state index in [2.05, 4.69) is 16.9 Å². The molecular formula is C14H19N3S. The second kappa shape index (κ2) is 4.84. The van der Waals surface area contributed by atoms with Gasteiger partial charge in [-0.2, -0.15) is 0 Å². The lowest BCUT2D eigenvalue weighted by Crippen LogP contribution is -2.13. The molecule has 1 aromatic carbocycles. The fourth-order valence-corrected chi connectivity index (χ4v) is 3.71. The molecule has 0 aliphatic heterocycles. The van der Waals surface area contributed by atoms with Crippen LogP contribution in [0.1, 0.15) is 32.6 Å². The molecule has 0 amide bonds. The van der Waals surface area contributed by atoms with Gasteiger partial charge in [0, 0.05) is 10.9 Å². The van der Waals surface area contributed by atoms with E-state index in [0.717, 1.165) is 33.0 Å². The van der Waals surface area contributed by atoms with Crippen LogP contribution in [0.4, 0.5) is 5.69 Å². The van der Waals surface area contributed by atoms with E-state index in [1.165, 1.54) is 25.7 Å². The van der Waals surface area contributed by atoms with E-state index in [4.69, 9.17) is 5.73 Å².